The van der Waals surface area contributed by atoms with E-state index < -0.39 is 15.9 Å². The first-order chi connectivity index (χ1) is 15.4. The van der Waals surface area contributed by atoms with Gasteiger partial charge in [-0.3, -0.25) is 10.1 Å². The molecule has 0 radical (unpaired) electrons. The second kappa shape index (κ2) is 9.27. The Hall–Kier alpha value is -2.96. The Balaban J connectivity index is 1.45. The van der Waals surface area contributed by atoms with Gasteiger partial charge < -0.3 is 13.9 Å². The van der Waals surface area contributed by atoms with Crippen LogP contribution in [0, 0.1) is 5.92 Å². The molecule has 1 atom stereocenters. The van der Waals surface area contributed by atoms with Crippen LogP contribution in [-0.4, -0.2) is 56.1 Å². The van der Waals surface area contributed by atoms with Crippen molar-refractivity contribution in [1.29, 1.82) is 0 Å². The molecule has 1 aliphatic heterocycles. The molecule has 1 N–H and O–H groups in total. The molecule has 3 heterocycles. The van der Waals surface area contributed by atoms with Crippen LogP contribution >= 0.6 is 11.3 Å². The fourth-order valence-corrected chi connectivity index (χ4v) is 6.11. The highest BCUT2D eigenvalue weighted by molar-refractivity contribution is 7.91. The molecule has 0 aliphatic carbocycles. The molecule has 1 fully saturated rings. The molecular weight excluding hydrogens is 456 g/mol. The predicted molar refractivity (Wildman–Crippen MR) is 117 cm³/mol. The average molecular weight is 479 g/mol. The Labute approximate surface area is 189 Å². The Morgan fingerprint density at radius 1 is 1.22 bits per heavy atom. The van der Waals surface area contributed by atoms with Crippen LogP contribution in [0.1, 0.15) is 12.8 Å². The number of nitrogens with one attached hydrogen (secondary N) is 1. The third-order valence-electron chi connectivity index (χ3n) is 5.10. The summed E-state index contributed by atoms with van der Waals surface area (Å²) in [4.78, 5) is 12.8. The molecule has 1 aromatic carbocycles. The van der Waals surface area contributed by atoms with Crippen LogP contribution in [0.5, 0.6) is 11.5 Å². The number of carbonyl (C=O) groups excluding carboxylic acids is 1. The fraction of sp³-hybridized carbons (Fsp3) is 0.350. The third kappa shape index (κ3) is 4.61. The number of methoxy groups -OCH3 is 2. The molecule has 1 aliphatic rings. The Morgan fingerprint density at radius 3 is 2.62 bits per heavy atom. The second-order valence-corrected chi connectivity index (χ2v) is 10.2. The molecule has 1 amide bonds. The first-order valence-electron chi connectivity index (χ1n) is 9.82. The van der Waals surface area contributed by atoms with Gasteiger partial charge in [-0.1, -0.05) is 11.2 Å². The van der Waals surface area contributed by atoms with Crippen LogP contribution in [0.4, 0.5) is 6.01 Å². The number of hydrogen-bond donors (Lipinski definition) is 1. The van der Waals surface area contributed by atoms with Crippen LogP contribution in [0.15, 0.2) is 44.3 Å². The van der Waals surface area contributed by atoms with Crippen molar-refractivity contribution >= 4 is 33.3 Å². The number of carbonyl (C=O) groups is 1. The van der Waals surface area contributed by atoms with Gasteiger partial charge in [0.25, 0.3) is 10.0 Å². The minimum atomic E-state index is -3.61. The van der Waals surface area contributed by atoms with Gasteiger partial charge in [-0.05, 0) is 36.4 Å². The number of rotatable bonds is 7. The topological polar surface area (TPSA) is 124 Å². The van der Waals surface area contributed by atoms with Gasteiger partial charge in [-0.15, -0.1) is 16.4 Å². The van der Waals surface area contributed by atoms with Crippen LogP contribution in [0.2, 0.25) is 0 Å². The average Bonchev–Trinajstić information content (AvgIpc) is 3.51. The number of anilines is 1. The van der Waals surface area contributed by atoms with Crippen molar-refractivity contribution in [1.82, 2.24) is 14.5 Å². The summed E-state index contributed by atoms with van der Waals surface area (Å²) in [5, 5.41) is 12.2. The monoisotopic (exact) mass is 478 g/mol. The molecule has 3 aromatic rings. The summed E-state index contributed by atoms with van der Waals surface area (Å²) in [6.07, 6.45) is 1.15. The van der Waals surface area contributed by atoms with Gasteiger partial charge in [0.05, 0.1) is 20.1 Å². The number of amides is 1. The summed E-state index contributed by atoms with van der Waals surface area (Å²) in [6, 6.07) is 8.31. The Morgan fingerprint density at radius 2 is 1.97 bits per heavy atom. The van der Waals surface area contributed by atoms with Crippen LogP contribution < -0.4 is 14.8 Å². The second-order valence-electron chi connectivity index (χ2n) is 7.14. The van der Waals surface area contributed by atoms with Crippen molar-refractivity contribution < 1.29 is 27.1 Å². The van der Waals surface area contributed by atoms with Crippen molar-refractivity contribution in [3.05, 3.63) is 35.7 Å². The summed E-state index contributed by atoms with van der Waals surface area (Å²) in [5.74, 6) is 0.401. The number of aromatic nitrogens is 2. The van der Waals surface area contributed by atoms with E-state index in [1.54, 1.807) is 35.7 Å². The third-order valence-corrected chi connectivity index (χ3v) is 8.34. The maximum Gasteiger partial charge on any atom is 0.322 e. The predicted octanol–water partition coefficient (Wildman–Crippen LogP) is 2.85. The van der Waals surface area contributed by atoms with E-state index in [0.29, 0.717) is 36.4 Å². The van der Waals surface area contributed by atoms with E-state index in [4.69, 9.17) is 13.9 Å². The van der Waals surface area contributed by atoms with E-state index in [1.165, 1.54) is 18.5 Å². The largest absolute Gasteiger partial charge is 0.497 e. The first-order valence-corrected chi connectivity index (χ1v) is 12.1. The minimum Gasteiger partial charge on any atom is -0.497 e. The number of hydrogen-bond acceptors (Lipinski definition) is 9. The lowest BCUT2D eigenvalue weighted by Gasteiger charge is -2.30. The van der Waals surface area contributed by atoms with E-state index in [0.717, 1.165) is 11.3 Å². The molecule has 12 heteroatoms. The van der Waals surface area contributed by atoms with Gasteiger partial charge in [-0.25, -0.2) is 8.42 Å². The molecule has 32 heavy (non-hydrogen) atoms. The number of nitrogens with zero attached hydrogens (tertiary/aromatic N) is 3. The number of thiophene rings is 1. The zero-order chi connectivity index (χ0) is 22.7. The fourth-order valence-electron chi connectivity index (χ4n) is 3.44. The maximum absolute atomic E-state index is 12.8. The lowest BCUT2D eigenvalue weighted by Crippen LogP contribution is -2.43. The van der Waals surface area contributed by atoms with Crippen molar-refractivity contribution in [2.75, 3.05) is 32.6 Å². The molecule has 0 saturated carbocycles. The zero-order valence-corrected chi connectivity index (χ0v) is 19.1. The number of sulfonamides is 1. The first kappa shape index (κ1) is 22.2. The highest BCUT2D eigenvalue weighted by Gasteiger charge is 2.34. The summed E-state index contributed by atoms with van der Waals surface area (Å²) in [5.41, 5.74) is 0.570. The molecule has 1 saturated heterocycles. The SMILES string of the molecule is COc1cc(OC)cc(-c2nnc(NC(=O)C3CCCN(S(=O)(=O)c4cccs4)C3)o2)c1. The maximum atomic E-state index is 12.8. The molecule has 10 nitrogen and oxygen atoms in total. The smallest absolute Gasteiger partial charge is 0.322 e. The van der Waals surface area contributed by atoms with Crippen LogP contribution in [0.3, 0.4) is 0 Å². The standard InChI is InChI=1S/C20H22N4O6S2/c1-28-15-9-14(10-16(11-15)29-2)19-22-23-20(30-19)21-18(25)13-5-3-7-24(12-13)32(26,27)17-6-4-8-31-17/h4,6,8-11,13H,3,5,7,12H2,1-2H3,(H,21,23,25). The Kier molecular flexibility index (Phi) is 6.44. The van der Waals surface area contributed by atoms with Crippen molar-refractivity contribution in [3.8, 4) is 23.0 Å². The van der Waals surface area contributed by atoms with E-state index in [1.807, 2.05) is 0 Å². The van der Waals surface area contributed by atoms with Gasteiger partial charge in [0.2, 0.25) is 11.8 Å². The van der Waals surface area contributed by atoms with Gasteiger partial charge in [0.15, 0.2) is 0 Å². The highest BCUT2D eigenvalue weighted by atomic mass is 32.2. The normalized spacial score (nSPS) is 17.1. The minimum absolute atomic E-state index is 0.0648. The summed E-state index contributed by atoms with van der Waals surface area (Å²) in [7, 11) is -0.543. The summed E-state index contributed by atoms with van der Waals surface area (Å²) >= 11 is 1.16. The molecule has 0 spiro atoms. The van der Waals surface area contributed by atoms with Gasteiger partial charge in [0.1, 0.15) is 15.7 Å². The van der Waals surface area contributed by atoms with Gasteiger partial charge in [0, 0.05) is 24.7 Å². The van der Waals surface area contributed by atoms with Crippen molar-refractivity contribution in [2.24, 2.45) is 5.92 Å². The molecule has 170 valence electrons. The molecule has 1 unspecified atom stereocenters. The zero-order valence-electron chi connectivity index (χ0n) is 17.5. The van der Waals surface area contributed by atoms with E-state index in [-0.39, 0.29) is 28.6 Å². The van der Waals surface area contributed by atoms with Crippen molar-refractivity contribution in [2.45, 2.75) is 17.1 Å². The molecule has 4 rings (SSSR count). The van der Waals surface area contributed by atoms with Gasteiger partial charge in [-0.2, -0.15) is 4.31 Å². The summed E-state index contributed by atoms with van der Waals surface area (Å²) < 4.78 is 43.3. The highest BCUT2D eigenvalue weighted by Crippen LogP contribution is 2.30. The van der Waals surface area contributed by atoms with Gasteiger partial charge >= 0.3 is 6.01 Å². The number of benzene rings is 1. The van der Waals surface area contributed by atoms with E-state index >= 15 is 0 Å². The quantitative estimate of drug-likeness (QED) is 0.550. The Bertz CT molecular complexity index is 1170. The van der Waals surface area contributed by atoms with E-state index in [2.05, 4.69) is 15.5 Å². The van der Waals surface area contributed by atoms with Crippen LogP contribution in [-0.2, 0) is 14.8 Å². The molecule has 2 aromatic heterocycles. The summed E-state index contributed by atoms with van der Waals surface area (Å²) in [6.45, 7) is 0.479. The molecule has 0 bridgehead atoms. The van der Waals surface area contributed by atoms with Crippen LogP contribution in [0.25, 0.3) is 11.5 Å². The lowest BCUT2D eigenvalue weighted by molar-refractivity contribution is -0.121. The number of piperidine rings is 1. The molecular formula is C20H22N4O6S2. The van der Waals surface area contributed by atoms with E-state index in [9.17, 15) is 13.2 Å². The number of ether oxygens (including phenoxy) is 2. The van der Waals surface area contributed by atoms with Crippen molar-refractivity contribution in [3.63, 3.8) is 0 Å². The lowest BCUT2D eigenvalue weighted by atomic mass is 9.99.